The molecule has 0 saturated carbocycles. The molecule has 0 aliphatic rings. The summed E-state index contributed by atoms with van der Waals surface area (Å²) in [6.45, 7) is 2.67. The fourth-order valence-electron chi connectivity index (χ4n) is 1.97. The van der Waals surface area contributed by atoms with E-state index in [1.807, 2.05) is 18.2 Å². The van der Waals surface area contributed by atoms with E-state index in [1.54, 1.807) is 12.1 Å². The van der Waals surface area contributed by atoms with E-state index in [-0.39, 0.29) is 34.5 Å². The number of para-hydroxylation sites is 1. The zero-order valence-corrected chi connectivity index (χ0v) is 15.0. The Bertz CT molecular complexity index is 684. The molecule has 21 heavy (non-hydrogen) atoms. The maximum Gasteiger partial charge on any atom is 1.00 e. The van der Waals surface area contributed by atoms with Gasteiger partial charge in [0.25, 0.3) is 0 Å². The van der Waals surface area contributed by atoms with Crippen LogP contribution in [0, 0.1) is 0 Å². The topological polar surface area (TPSA) is 69.2 Å². The SMILES string of the molecule is CCc1ccccc1NCc1ccc(S(=O)(=O)[O-])cc1.[Na+]. The third-order valence-electron chi connectivity index (χ3n) is 3.09. The third-order valence-corrected chi connectivity index (χ3v) is 3.94. The summed E-state index contributed by atoms with van der Waals surface area (Å²) in [7, 11) is -4.37. The molecular formula is C15H16NNaO3S. The van der Waals surface area contributed by atoms with Crippen LogP contribution in [0.2, 0.25) is 0 Å². The van der Waals surface area contributed by atoms with Crippen molar-refractivity contribution in [3.63, 3.8) is 0 Å². The van der Waals surface area contributed by atoms with Crippen molar-refractivity contribution in [3.8, 4) is 0 Å². The minimum atomic E-state index is -4.37. The van der Waals surface area contributed by atoms with Gasteiger partial charge < -0.3 is 9.87 Å². The van der Waals surface area contributed by atoms with Gasteiger partial charge in [-0.3, -0.25) is 0 Å². The first kappa shape index (κ1) is 18.2. The Labute approximate surface area is 147 Å². The van der Waals surface area contributed by atoms with Gasteiger partial charge in [0.2, 0.25) is 0 Å². The Morgan fingerprint density at radius 1 is 1.05 bits per heavy atom. The molecule has 0 atom stereocenters. The normalized spacial score (nSPS) is 10.8. The van der Waals surface area contributed by atoms with E-state index in [0.29, 0.717) is 6.54 Å². The van der Waals surface area contributed by atoms with E-state index in [0.717, 1.165) is 17.7 Å². The summed E-state index contributed by atoms with van der Waals surface area (Å²) >= 11 is 0. The zero-order valence-electron chi connectivity index (χ0n) is 12.2. The summed E-state index contributed by atoms with van der Waals surface area (Å²) in [5.74, 6) is 0. The molecule has 0 amide bonds. The average Bonchev–Trinajstić information content (AvgIpc) is 2.45. The molecule has 0 saturated heterocycles. The largest absolute Gasteiger partial charge is 1.00 e. The van der Waals surface area contributed by atoms with Gasteiger partial charge in [0.05, 0.1) is 4.90 Å². The average molecular weight is 313 g/mol. The van der Waals surface area contributed by atoms with Gasteiger partial charge in [0.1, 0.15) is 10.1 Å². The summed E-state index contributed by atoms with van der Waals surface area (Å²) in [5, 5.41) is 3.31. The smallest absolute Gasteiger partial charge is 0.744 e. The molecule has 2 rings (SSSR count). The summed E-state index contributed by atoms with van der Waals surface area (Å²) in [4.78, 5) is -0.199. The van der Waals surface area contributed by atoms with E-state index < -0.39 is 10.1 Å². The second kappa shape index (κ2) is 7.96. The molecule has 0 heterocycles. The molecule has 0 unspecified atom stereocenters. The minimum Gasteiger partial charge on any atom is -0.744 e. The van der Waals surface area contributed by atoms with Crippen LogP contribution in [0.1, 0.15) is 18.1 Å². The van der Waals surface area contributed by atoms with Crippen LogP contribution < -0.4 is 34.9 Å². The predicted octanol–water partition coefficient (Wildman–Crippen LogP) is -0.231. The molecule has 0 aromatic heterocycles. The van der Waals surface area contributed by atoms with Crippen LogP contribution in [0.5, 0.6) is 0 Å². The molecule has 0 bridgehead atoms. The van der Waals surface area contributed by atoms with Crippen molar-refractivity contribution < 1.29 is 42.5 Å². The van der Waals surface area contributed by atoms with Gasteiger partial charge in [0.15, 0.2) is 0 Å². The molecule has 6 heteroatoms. The number of benzene rings is 2. The molecule has 0 aliphatic heterocycles. The summed E-state index contributed by atoms with van der Waals surface area (Å²) in [5.41, 5.74) is 3.21. The molecule has 0 aliphatic carbocycles. The van der Waals surface area contributed by atoms with Crippen molar-refractivity contribution in [1.82, 2.24) is 0 Å². The Balaban J connectivity index is 0.00000220. The first-order valence-electron chi connectivity index (χ1n) is 6.37. The molecular weight excluding hydrogens is 297 g/mol. The van der Waals surface area contributed by atoms with E-state index in [1.165, 1.54) is 17.7 Å². The monoisotopic (exact) mass is 313 g/mol. The van der Waals surface area contributed by atoms with Crippen molar-refractivity contribution in [3.05, 3.63) is 59.7 Å². The molecule has 0 fully saturated rings. The fourth-order valence-corrected chi connectivity index (χ4v) is 2.44. The van der Waals surface area contributed by atoms with Crippen molar-refractivity contribution in [2.45, 2.75) is 24.8 Å². The van der Waals surface area contributed by atoms with Gasteiger partial charge in [0, 0.05) is 12.2 Å². The number of aryl methyl sites for hydroxylation is 1. The Morgan fingerprint density at radius 2 is 1.67 bits per heavy atom. The van der Waals surface area contributed by atoms with Crippen LogP contribution >= 0.6 is 0 Å². The van der Waals surface area contributed by atoms with Gasteiger partial charge >= 0.3 is 29.6 Å². The van der Waals surface area contributed by atoms with Crippen LogP contribution in [0.15, 0.2) is 53.4 Å². The summed E-state index contributed by atoms with van der Waals surface area (Å²) in [6.07, 6.45) is 0.941. The van der Waals surface area contributed by atoms with E-state index in [2.05, 4.69) is 18.3 Å². The van der Waals surface area contributed by atoms with Crippen molar-refractivity contribution in [2.75, 3.05) is 5.32 Å². The molecule has 2 aromatic carbocycles. The van der Waals surface area contributed by atoms with E-state index >= 15 is 0 Å². The number of nitrogens with one attached hydrogen (secondary N) is 1. The van der Waals surface area contributed by atoms with E-state index in [4.69, 9.17) is 0 Å². The van der Waals surface area contributed by atoms with Crippen LogP contribution in [-0.4, -0.2) is 13.0 Å². The Hall–Kier alpha value is -0.850. The van der Waals surface area contributed by atoms with Gasteiger partial charge in [-0.25, -0.2) is 8.42 Å². The van der Waals surface area contributed by atoms with Crippen LogP contribution in [0.4, 0.5) is 5.69 Å². The van der Waals surface area contributed by atoms with Crippen LogP contribution in [0.3, 0.4) is 0 Å². The predicted molar refractivity (Wildman–Crippen MR) is 77.6 cm³/mol. The van der Waals surface area contributed by atoms with Gasteiger partial charge in [-0.2, -0.15) is 0 Å². The van der Waals surface area contributed by atoms with Gasteiger partial charge in [-0.05, 0) is 35.7 Å². The number of anilines is 1. The quantitative estimate of drug-likeness (QED) is 0.611. The number of rotatable bonds is 5. The van der Waals surface area contributed by atoms with Crippen LogP contribution in [0.25, 0.3) is 0 Å². The fraction of sp³-hybridized carbons (Fsp3) is 0.200. The third kappa shape index (κ3) is 5.13. The number of hydrogen-bond acceptors (Lipinski definition) is 4. The van der Waals surface area contributed by atoms with Crippen molar-refractivity contribution >= 4 is 15.8 Å². The second-order valence-corrected chi connectivity index (χ2v) is 5.84. The Kier molecular flexibility index (Phi) is 6.90. The van der Waals surface area contributed by atoms with Crippen molar-refractivity contribution in [1.29, 1.82) is 0 Å². The first-order valence-corrected chi connectivity index (χ1v) is 7.78. The molecule has 2 aromatic rings. The Morgan fingerprint density at radius 3 is 2.24 bits per heavy atom. The van der Waals surface area contributed by atoms with Crippen LogP contribution in [-0.2, 0) is 23.1 Å². The molecule has 0 spiro atoms. The summed E-state index contributed by atoms with van der Waals surface area (Å²) < 4.78 is 32.5. The zero-order chi connectivity index (χ0) is 14.6. The van der Waals surface area contributed by atoms with Crippen molar-refractivity contribution in [2.24, 2.45) is 0 Å². The van der Waals surface area contributed by atoms with E-state index in [9.17, 15) is 13.0 Å². The maximum atomic E-state index is 10.8. The molecule has 4 nitrogen and oxygen atoms in total. The van der Waals surface area contributed by atoms with Gasteiger partial charge in [-0.1, -0.05) is 37.3 Å². The molecule has 0 radical (unpaired) electrons. The maximum absolute atomic E-state index is 10.8. The molecule has 1 N–H and O–H groups in total. The minimum absolute atomic E-state index is 0. The number of hydrogen-bond donors (Lipinski definition) is 1. The summed E-state index contributed by atoms with van der Waals surface area (Å²) in [6, 6.07) is 14.0. The molecule has 106 valence electrons. The van der Waals surface area contributed by atoms with Gasteiger partial charge in [-0.15, -0.1) is 0 Å². The standard InChI is InChI=1S/C15H17NO3S.Na/c1-2-13-5-3-4-6-15(13)16-11-12-7-9-14(10-8-12)20(17,18)19;/h3-10,16H,2,11H2,1H3,(H,17,18,19);/q;+1/p-1. The second-order valence-electron chi connectivity index (χ2n) is 4.46. The first-order chi connectivity index (χ1) is 9.50.